The second-order valence-corrected chi connectivity index (χ2v) is 7.54. The lowest BCUT2D eigenvalue weighted by Gasteiger charge is -2.27. The molecule has 0 saturated heterocycles. The molecule has 5 nitrogen and oxygen atoms in total. The number of aromatic nitrogens is 1. The fourth-order valence-corrected chi connectivity index (χ4v) is 4.10. The van der Waals surface area contributed by atoms with Crippen LogP contribution in [0.2, 0.25) is 0 Å². The summed E-state index contributed by atoms with van der Waals surface area (Å²) in [5.74, 6) is -1.36. The Labute approximate surface area is 173 Å². The number of benzene rings is 2. The number of allylic oxidation sites excluding steroid dienone is 2. The number of hydrogen-bond donors (Lipinski definition) is 2. The third kappa shape index (κ3) is 3.99. The van der Waals surface area contributed by atoms with Gasteiger partial charge in [-0.2, -0.15) is 0 Å². The number of hydrogen-bond acceptors (Lipinski definition) is 3. The number of carbonyl (C=O) groups excluding carboxylic acids is 2. The Kier molecular flexibility index (Phi) is 5.65. The fraction of sp³-hybridized carbons (Fsp3) is 0.250. The molecule has 0 radical (unpaired) electrons. The Morgan fingerprint density at radius 2 is 1.90 bits per heavy atom. The first-order valence-corrected chi connectivity index (χ1v) is 9.96. The highest BCUT2D eigenvalue weighted by Gasteiger charge is 2.31. The summed E-state index contributed by atoms with van der Waals surface area (Å²) in [7, 11) is 1.27. The maximum Gasteiger partial charge on any atom is 0.356 e. The van der Waals surface area contributed by atoms with Crippen molar-refractivity contribution in [3.8, 4) is 0 Å². The summed E-state index contributed by atoms with van der Waals surface area (Å²) in [5.41, 5.74) is 2.10. The fourth-order valence-electron chi connectivity index (χ4n) is 4.10. The van der Waals surface area contributed by atoms with Crippen molar-refractivity contribution in [3.05, 3.63) is 77.8 Å². The molecule has 2 N–H and O–H groups in total. The average Bonchev–Trinajstić information content (AvgIpc) is 3.11. The van der Waals surface area contributed by atoms with Crippen LogP contribution in [0.5, 0.6) is 0 Å². The van der Waals surface area contributed by atoms with Crippen molar-refractivity contribution in [2.75, 3.05) is 12.4 Å². The highest BCUT2D eigenvalue weighted by molar-refractivity contribution is 6.11. The Bertz CT molecular complexity index is 1100. The number of ether oxygens (including phenoxy) is 1. The van der Waals surface area contributed by atoms with E-state index in [4.69, 9.17) is 4.74 Å². The van der Waals surface area contributed by atoms with Crippen molar-refractivity contribution in [1.82, 2.24) is 4.98 Å². The zero-order chi connectivity index (χ0) is 21.1. The van der Waals surface area contributed by atoms with Crippen LogP contribution in [0.3, 0.4) is 0 Å². The number of anilines is 1. The molecule has 1 heterocycles. The third-order valence-corrected chi connectivity index (χ3v) is 5.64. The van der Waals surface area contributed by atoms with Crippen molar-refractivity contribution < 1.29 is 18.7 Å². The summed E-state index contributed by atoms with van der Waals surface area (Å²) in [5, 5.41) is 3.33. The van der Waals surface area contributed by atoms with Gasteiger partial charge in [-0.25, -0.2) is 9.18 Å². The van der Waals surface area contributed by atoms with Crippen molar-refractivity contribution in [2.24, 2.45) is 11.8 Å². The number of carbonyl (C=O) groups is 2. The molecule has 4 rings (SSSR count). The third-order valence-electron chi connectivity index (χ3n) is 5.64. The summed E-state index contributed by atoms with van der Waals surface area (Å²) in [6.07, 6.45) is 6.34. The molecule has 30 heavy (non-hydrogen) atoms. The van der Waals surface area contributed by atoms with Crippen molar-refractivity contribution in [3.63, 3.8) is 0 Å². The molecule has 0 fully saturated rings. The largest absolute Gasteiger partial charge is 0.464 e. The number of halogens is 1. The Hall–Kier alpha value is -3.41. The maximum absolute atomic E-state index is 13.9. The SMILES string of the molecule is COC(=O)c1[nH]c2ccc(F)cc2c1NC(=O)C1CC=CCC1Cc1ccccc1. The molecule has 1 aliphatic rings. The minimum absolute atomic E-state index is 0.109. The van der Waals surface area contributed by atoms with Gasteiger partial charge in [0.1, 0.15) is 11.5 Å². The second kappa shape index (κ2) is 8.53. The first-order valence-electron chi connectivity index (χ1n) is 9.96. The van der Waals surface area contributed by atoms with E-state index < -0.39 is 11.8 Å². The molecule has 0 saturated carbocycles. The minimum Gasteiger partial charge on any atom is -0.464 e. The molecule has 2 unspecified atom stereocenters. The zero-order valence-electron chi connectivity index (χ0n) is 16.7. The molecule has 2 aromatic carbocycles. The van der Waals surface area contributed by atoms with Gasteiger partial charge in [0.25, 0.3) is 0 Å². The maximum atomic E-state index is 13.9. The molecule has 1 aromatic heterocycles. The predicted octanol–water partition coefficient (Wildman–Crippen LogP) is 4.86. The van der Waals surface area contributed by atoms with Crippen LogP contribution >= 0.6 is 0 Å². The van der Waals surface area contributed by atoms with E-state index in [1.54, 1.807) is 0 Å². The minimum atomic E-state index is -0.619. The average molecular weight is 406 g/mol. The van der Waals surface area contributed by atoms with Gasteiger partial charge in [0.15, 0.2) is 0 Å². The number of esters is 1. The number of aromatic amines is 1. The molecule has 3 aromatic rings. The molecule has 1 amide bonds. The molecule has 154 valence electrons. The predicted molar refractivity (Wildman–Crippen MR) is 114 cm³/mol. The van der Waals surface area contributed by atoms with Crippen molar-refractivity contribution in [2.45, 2.75) is 19.3 Å². The lowest BCUT2D eigenvalue weighted by atomic mass is 9.78. The molecule has 6 heteroatoms. The number of nitrogens with one attached hydrogen (secondary N) is 2. The highest BCUT2D eigenvalue weighted by Crippen LogP contribution is 2.33. The highest BCUT2D eigenvalue weighted by atomic mass is 19.1. The van der Waals surface area contributed by atoms with E-state index in [9.17, 15) is 14.0 Å². The molecule has 2 atom stereocenters. The molecular weight excluding hydrogens is 383 g/mol. The zero-order valence-corrected chi connectivity index (χ0v) is 16.7. The lowest BCUT2D eigenvalue weighted by Crippen LogP contribution is -2.32. The van der Waals surface area contributed by atoms with Crippen LogP contribution in [0.25, 0.3) is 10.9 Å². The van der Waals surface area contributed by atoms with E-state index in [1.807, 2.05) is 24.3 Å². The van der Waals surface area contributed by atoms with Crippen molar-refractivity contribution >= 4 is 28.5 Å². The first-order chi connectivity index (χ1) is 14.6. The van der Waals surface area contributed by atoms with Gasteiger partial charge in [-0.1, -0.05) is 42.5 Å². The standard InChI is InChI=1S/C24H23FN2O3/c1-30-24(29)22-21(19-14-17(25)11-12-20(19)26-22)27-23(28)18-10-6-5-9-16(18)13-15-7-3-2-4-8-15/h2-8,11-12,14,16,18,26H,9-10,13H2,1H3,(H,27,28). The van der Waals surface area contributed by atoms with E-state index in [0.29, 0.717) is 17.3 Å². The van der Waals surface area contributed by atoms with Crippen LogP contribution in [0.15, 0.2) is 60.7 Å². The lowest BCUT2D eigenvalue weighted by molar-refractivity contribution is -0.121. The normalized spacial score (nSPS) is 18.3. The van der Waals surface area contributed by atoms with Gasteiger partial charge in [-0.15, -0.1) is 0 Å². The molecular formula is C24H23FN2O3. The Morgan fingerprint density at radius 1 is 1.13 bits per heavy atom. The van der Waals surface area contributed by atoms with Crippen LogP contribution in [-0.2, 0) is 16.0 Å². The Morgan fingerprint density at radius 3 is 2.67 bits per heavy atom. The van der Waals surface area contributed by atoms with Gasteiger partial charge in [0.2, 0.25) is 5.91 Å². The van der Waals surface area contributed by atoms with Gasteiger partial charge in [-0.05, 0) is 48.9 Å². The first kappa shape index (κ1) is 19.9. The van der Waals surface area contributed by atoms with Crippen LogP contribution in [-0.4, -0.2) is 24.0 Å². The number of H-pyrrole nitrogens is 1. The smallest absolute Gasteiger partial charge is 0.356 e. The van der Waals surface area contributed by atoms with Crippen LogP contribution in [0.4, 0.5) is 10.1 Å². The monoisotopic (exact) mass is 406 g/mol. The van der Waals surface area contributed by atoms with Crippen molar-refractivity contribution in [1.29, 1.82) is 0 Å². The Balaban J connectivity index is 1.63. The molecule has 0 bridgehead atoms. The van der Waals surface area contributed by atoms with Crippen LogP contribution < -0.4 is 5.32 Å². The summed E-state index contributed by atoms with van der Waals surface area (Å²) >= 11 is 0. The quantitative estimate of drug-likeness (QED) is 0.470. The van der Waals surface area contributed by atoms with E-state index in [-0.39, 0.29) is 29.1 Å². The molecule has 1 aliphatic carbocycles. The van der Waals surface area contributed by atoms with Gasteiger partial charge < -0.3 is 15.0 Å². The second-order valence-electron chi connectivity index (χ2n) is 7.54. The summed E-state index contributed by atoms with van der Waals surface area (Å²) in [6, 6.07) is 14.2. The molecule has 0 aliphatic heterocycles. The van der Waals surface area contributed by atoms with E-state index in [2.05, 4.69) is 28.5 Å². The summed E-state index contributed by atoms with van der Waals surface area (Å²) in [4.78, 5) is 28.4. The number of amides is 1. The topological polar surface area (TPSA) is 71.2 Å². The number of fused-ring (bicyclic) bond motifs is 1. The van der Waals surface area contributed by atoms with Gasteiger partial charge in [0.05, 0.1) is 12.8 Å². The van der Waals surface area contributed by atoms with E-state index in [0.717, 1.165) is 12.8 Å². The van der Waals surface area contributed by atoms with Gasteiger partial charge in [-0.3, -0.25) is 4.79 Å². The van der Waals surface area contributed by atoms with Crippen LogP contribution in [0, 0.1) is 17.7 Å². The van der Waals surface area contributed by atoms with E-state index >= 15 is 0 Å². The van der Waals surface area contributed by atoms with Gasteiger partial charge >= 0.3 is 5.97 Å². The number of rotatable bonds is 5. The van der Waals surface area contributed by atoms with E-state index in [1.165, 1.54) is 30.9 Å². The molecule has 0 spiro atoms. The summed E-state index contributed by atoms with van der Waals surface area (Å²) in [6.45, 7) is 0. The summed E-state index contributed by atoms with van der Waals surface area (Å²) < 4.78 is 18.7. The number of methoxy groups -OCH3 is 1. The van der Waals surface area contributed by atoms with Gasteiger partial charge in [0, 0.05) is 16.8 Å². The van der Waals surface area contributed by atoms with Crippen LogP contribution in [0.1, 0.15) is 28.9 Å².